The molecule has 1 aromatic carbocycles. The SMILES string of the molecule is CC.Cc1c(Cl)cccc1N=C(N)N. The molecule has 0 aliphatic rings. The Bertz CT molecular complexity index is 317. The number of aliphatic imine (C=N–C) groups is 1. The summed E-state index contributed by atoms with van der Waals surface area (Å²) in [6, 6.07) is 5.40. The number of nitrogens with zero attached hydrogens (tertiary/aromatic N) is 1. The molecule has 0 aliphatic carbocycles. The number of rotatable bonds is 1. The first-order valence-electron chi connectivity index (χ1n) is 4.46. The summed E-state index contributed by atoms with van der Waals surface area (Å²) in [4.78, 5) is 3.91. The van der Waals surface area contributed by atoms with E-state index in [4.69, 9.17) is 23.1 Å². The minimum atomic E-state index is 0.0420. The van der Waals surface area contributed by atoms with Crippen LogP contribution in [0.25, 0.3) is 0 Å². The van der Waals surface area contributed by atoms with Crippen molar-refractivity contribution in [2.75, 3.05) is 0 Å². The molecule has 0 heterocycles. The fourth-order valence-corrected chi connectivity index (χ4v) is 1.03. The van der Waals surface area contributed by atoms with E-state index in [2.05, 4.69) is 4.99 Å². The summed E-state index contributed by atoms with van der Waals surface area (Å²) < 4.78 is 0. The lowest BCUT2D eigenvalue weighted by molar-refractivity contribution is 1.36. The zero-order chi connectivity index (χ0) is 11.1. The van der Waals surface area contributed by atoms with Crippen LogP contribution in [-0.2, 0) is 0 Å². The quantitative estimate of drug-likeness (QED) is 0.556. The number of hydrogen-bond donors (Lipinski definition) is 2. The predicted octanol–water partition coefficient (Wildman–Crippen LogP) is 2.58. The van der Waals surface area contributed by atoms with E-state index in [1.807, 2.05) is 20.8 Å². The van der Waals surface area contributed by atoms with Crippen LogP contribution in [0.3, 0.4) is 0 Å². The molecule has 0 aromatic heterocycles. The maximum atomic E-state index is 5.85. The van der Waals surface area contributed by atoms with Crippen molar-refractivity contribution in [3.8, 4) is 0 Å². The standard InChI is InChI=1S/C8H10ClN3.C2H6/c1-5-6(9)3-2-4-7(5)12-8(10)11;1-2/h2-4H,1H3,(H4,10,11,12);1-2H3. The van der Waals surface area contributed by atoms with Crippen molar-refractivity contribution in [2.24, 2.45) is 16.5 Å². The first kappa shape index (κ1) is 12.8. The highest BCUT2D eigenvalue weighted by molar-refractivity contribution is 6.31. The Hall–Kier alpha value is -1.22. The molecule has 4 heteroatoms. The number of hydrogen-bond acceptors (Lipinski definition) is 1. The van der Waals surface area contributed by atoms with E-state index in [9.17, 15) is 0 Å². The molecule has 14 heavy (non-hydrogen) atoms. The molecule has 0 saturated heterocycles. The Balaban J connectivity index is 0.000000791. The van der Waals surface area contributed by atoms with Crippen LogP contribution in [0.4, 0.5) is 5.69 Å². The fourth-order valence-electron chi connectivity index (χ4n) is 0.856. The molecular weight excluding hydrogens is 198 g/mol. The summed E-state index contributed by atoms with van der Waals surface area (Å²) in [6.07, 6.45) is 0. The second-order valence-corrected chi connectivity index (χ2v) is 2.83. The highest BCUT2D eigenvalue weighted by Gasteiger charge is 1.99. The lowest BCUT2D eigenvalue weighted by Crippen LogP contribution is -2.22. The topological polar surface area (TPSA) is 64.4 Å². The maximum Gasteiger partial charge on any atom is 0.191 e. The van der Waals surface area contributed by atoms with Crippen LogP contribution in [0.1, 0.15) is 19.4 Å². The van der Waals surface area contributed by atoms with Gasteiger partial charge in [0.2, 0.25) is 0 Å². The minimum Gasteiger partial charge on any atom is -0.370 e. The summed E-state index contributed by atoms with van der Waals surface area (Å²) >= 11 is 5.85. The lowest BCUT2D eigenvalue weighted by Gasteiger charge is -2.01. The van der Waals surface area contributed by atoms with Crippen molar-refractivity contribution in [3.63, 3.8) is 0 Å². The van der Waals surface area contributed by atoms with Crippen LogP contribution < -0.4 is 11.5 Å². The van der Waals surface area contributed by atoms with Gasteiger partial charge in [-0.3, -0.25) is 0 Å². The molecule has 3 nitrogen and oxygen atoms in total. The Morgan fingerprint density at radius 3 is 2.36 bits per heavy atom. The molecule has 0 amide bonds. The van der Waals surface area contributed by atoms with Crippen LogP contribution in [0.2, 0.25) is 5.02 Å². The zero-order valence-electron chi connectivity index (χ0n) is 8.71. The van der Waals surface area contributed by atoms with E-state index in [0.29, 0.717) is 10.7 Å². The molecule has 0 aliphatic heterocycles. The smallest absolute Gasteiger partial charge is 0.191 e. The summed E-state index contributed by atoms with van der Waals surface area (Å²) in [5.41, 5.74) is 12.0. The van der Waals surface area contributed by atoms with Crippen LogP contribution in [-0.4, -0.2) is 5.96 Å². The van der Waals surface area contributed by atoms with Crippen molar-refractivity contribution in [2.45, 2.75) is 20.8 Å². The van der Waals surface area contributed by atoms with Crippen LogP contribution >= 0.6 is 11.6 Å². The van der Waals surface area contributed by atoms with Gasteiger partial charge in [0.05, 0.1) is 5.69 Å². The molecule has 0 spiro atoms. The van der Waals surface area contributed by atoms with Gasteiger partial charge in [0.15, 0.2) is 5.96 Å². The van der Waals surface area contributed by atoms with Gasteiger partial charge in [-0.05, 0) is 24.6 Å². The number of guanidine groups is 1. The van der Waals surface area contributed by atoms with E-state index >= 15 is 0 Å². The molecule has 1 rings (SSSR count). The Morgan fingerprint density at radius 1 is 1.29 bits per heavy atom. The van der Waals surface area contributed by atoms with Gasteiger partial charge >= 0.3 is 0 Å². The average molecular weight is 214 g/mol. The summed E-state index contributed by atoms with van der Waals surface area (Å²) in [5.74, 6) is 0.0420. The molecule has 0 saturated carbocycles. The van der Waals surface area contributed by atoms with Gasteiger partial charge in [0.25, 0.3) is 0 Å². The molecule has 4 N–H and O–H groups in total. The molecule has 0 fully saturated rings. The second-order valence-electron chi connectivity index (χ2n) is 2.42. The van der Waals surface area contributed by atoms with Crippen LogP contribution in [0.15, 0.2) is 23.2 Å². The molecule has 78 valence electrons. The predicted molar refractivity (Wildman–Crippen MR) is 63.0 cm³/mol. The molecule has 0 radical (unpaired) electrons. The van der Waals surface area contributed by atoms with Gasteiger partial charge in [-0.1, -0.05) is 31.5 Å². The Labute approximate surface area is 89.8 Å². The number of nitrogens with two attached hydrogens (primary N) is 2. The first-order valence-corrected chi connectivity index (χ1v) is 4.84. The third-order valence-electron chi connectivity index (χ3n) is 1.49. The van der Waals surface area contributed by atoms with E-state index in [1.165, 1.54) is 0 Å². The molecule has 0 unspecified atom stereocenters. The van der Waals surface area contributed by atoms with E-state index in [1.54, 1.807) is 18.2 Å². The highest BCUT2D eigenvalue weighted by atomic mass is 35.5. The third-order valence-corrected chi connectivity index (χ3v) is 1.90. The number of halogens is 1. The Morgan fingerprint density at radius 2 is 1.86 bits per heavy atom. The minimum absolute atomic E-state index is 0.0420. The molecule has 0 bridgehead atoms. The normalized spacial score (nSPS) is 8.57. The van der Waals surface area contributed by atoms with E-state index in [0.717, 1.165) is 5.56 Å². The van der Waals surface area contributed by atoms with Crippen molar-refractivity contribution in [1.82, 2.24) is 0 Å². The summed E-state index contributed by atoms with van der Waals surface area (Å²) in [6.45, 7) is 5.87. The Kier molecular flexibility index (Phi) is 5.72. The van der Waals surface area contributed by atoms with Gasteiger partial charge in [0.1, 0.15) is 0 Å². The largest absolute Gasteiger partial charge is 0.370 e. The first-order chi connectivity index (χ1) is 6.61. The van der Waals surface area contributed by atoms with Crippen molar-refractivity contribution in [3.05, 3.63) is 28.8 Å². The van der Waals surface area contributed by atoms with Crippen LogP contribution in [0, 0.1) is 6.92 Å². The fraction of sp³-hybridized carbons (Fsp3) is 0.300. The summed E-state index contributed by atoms with van der Waals surface area (Å²) in [7, 11) is 0. The van der Waals surface area contributed by atoms with E-state index in [-0.39, 0.29) is 5.96 Å². The maximum absolute atomic E-state index is 5.85. The van der Waals surface area contributed by atoms with Gasteiger partial charge in [-0.2, -0.15) is 0 Å². The molecule has 0 atom stereocenters. The van der Waals surface area contributed by atoms with E-state index < -0.39 is 0 Å². The van der Waals surface area contributed by atoms with Gasteiger partial charge < -0.3 is 11.5 Å². The van der Waals surface area contributed by atoms with Crippen molar-refractivity contribution in [1.29, 1.82) is 0 Å². The van der Waals surface area contributed by atoms with Gasteiger partial charge in [0, 0.05) is 5.02 Å². The monoisotopic (exact) mass is 213 g/mol. The van der Waals surface area contributed by atoms with Crippen molar-refractivity contribution >= 4 is 23.2 Å². The van der Waals surface area contributed by atoms with Gasteiger partial charge in [-0.25, -0.2) is 4.99 Å². The average Bonchev–Trinajstić information content (AvgIpc) is 2.16. The lowest BCUT2D eigenvalue weighted by atomic mass is 10.2. The third kappa shape index (κ3) is 3.66. The van der Waals surface area contributed by atoms with Crippen molar-refractivity contribution < 1.29 is 0 Å². The van der Waals surface area contributed by atoms with Crippen LogP contribution in [0.5, 0.6) is 0 Å². The second kappa shape index (κ2) is 6.27. The highest BCUT2D eigenvalue weighted by Crippen LogP contribution is 2.24. The zero-order valence-corrected chi connectivity index (χ0v) is 9.47. The summed E-state index contributed by atoms with van der Waals surface area (Å²) in [5, 5.41) is 0.664. The van der Waals surface area contributed by atoms with Gasteiger partial charge in [-0.15, -0.1) is 0 Å². The number of benzene rings is 1. The molecule has 1 aromatic rings. The molecular formula is C10H16ClN3.